The SMILES string of the molecule is O=C(c1cc(Br)ccc1Cl)N1CCN(Cc2nc(C3CC3)cs2)CC1. The van der Waals surface area contributed by atoms with Crippen LogP contribution in [0.3, 0.4) is 0 Å². The second-order valence-electron chi connectivity index (χ2n) is 6.63. The van der Waals surface area contributed by atoms with Crippen LogP contribution in [0.4, 0.5) is 0 Å². The molecule has 0 unspecified atom stereocenters. The van der Waals surface area contributed by atoms with Gasteiger partial charge in [-0.2, -0.15) is 0 Å². The molecule has 1 saturated carbocycles. The number of carbonyl (C=O) groups is 1. The van der Waals surface area contributed by atoms with Crippen molar-refractivity contribution in [3.05, 3.63) is 49.3 Å². The first-order chi connectivity index (χ1) is 12.1. The molecular formula is C18H19BrClN3OS. The Morgan fingerprint density at radius 1 is 1.28 bits per heavy atom. The number of halogens is 2. The molecule has 2 heterocycles. The summed E-state index contributed by atoms with van der Waals surface area (Å²) in [5.74, 6) is 0.727. The molecule has 1 amide bonds. The molecule has 0 bridgehead atoms. The van der Waals surface area contributed by atoms with Crippen LogP contribution in [0.15, 0.2) is 28.1 Å². The number of benzene rings is 1. The number of rotatable bonds is 4. The molecule has 1 aromatic heterocycles. The zero-order valence-corrected chi connectivity index (χ0v) is 16.9. The number of hydrogen-bond acceptors (Lipinski definition) is 4. The summed E-state index contributed by atoms with van der Waals surface area (Å²) >= 11 is 11.4. The minimum atomic E-state index is 0.0104. The Labute approximate surface area is 164 Å². The standard InChI is InChI=1S/C18H19BrClN3OS/c19-13-3-4-15(20)14(9-13)18(24)23-7-5-22(6-8-23)10-17-21-16(11-25-17)12-1-2-12/h3-4,9,11-12H,1-2,5-8,10H2. The summed E-state index contributed by atoms with van der Waals surface area (Å²) < 4.78 is 0.870. The highest BCUT2D eigenvalue weighted by atomic mass is 79.9. The van der Waals surface area contributed by atoms with Gasteiger partial charge in [0.25, 0.3) is 5.91 Å². The molecule has 0 radical (unpaired) electrons. The Morgan fingerprint density at radius 2 is 2.04 bits per heavy atom. The normalized spacial score (nSPS) is 18.6. The molecule has 0 atom stereocenters. The lowest BCUT2D eigenvalue weighted by atomic mass is 10.2. The third kappa shape index (κ3) is 4.08. The van der Waals surface area contributed by atoms with E-state index < -0.39 is 0 Å². The lowest BCUT2D eigenvalue weighted by Crippen LogP contribution is -2.48. The fraction of sp³-hybridized carbons (Fsp3) is 0.444. The lowest BCUT2D eigenvalue weighted by Gasteiger charge is -2.34. The van der Waals surface area contributed by atoms with Crippen LogP contribution in [0.25, 0.3) is 0 Å². The third-order valence-electron chi connectivity index (χ3n) is 4.74. The summed E-state index contributed by atoms with van der Waals surface area (Å²) in [6, 6.07) is 5.40. The first kappa shape index (κ1) is 17.5. The average Bonchev–Trinajstić information content (AvgIpc) is 3.37. The minimum Gasteiger partial charge on any atom is -0.336 e. The summed E-state index contributed by atoms with van der Waals surface area (Å²) in [5, 5.41) is 3.91. The predicted molar refractivity (Wildman–Crippen MR) is 104 cm³/mol. The average molecular weight is 441 g/mol. The molecule has 1 aromatic carbocycles. The van der Waals surface area contributed by atoms with Crippen LogP contribution in [-0.2, 0) is 6.54 Å². The number of piperazine rings is 1. The molecule has 1 aliphatic carbocycles. The van der Waals surface area contributed by atoms with Gasteiger partial charge in [-0.25, -0.2) is 4.98 Å². The molecule has 2 aromatic rings. The minimum absolute atomic E-state index is 0.0104. The van der Waals surface area contributed by atoms with Crippen molar-refractivity contribution in [1.29, 1.82) is 0 Å². The Morgan fingerprint density at radius 3 is 2.76 bits per heavy atom. The van der Waals surface area contributed by atoms with Crippen LogP contribution in [0.5, 0.6) is 0 Å². The molecular weight excluding hydrogens is 422 g/mol. The van der Waals surface area contributed by atoms with Crippen molar-refractivity contribution in [2.24, 2.45) is 0 Å². The number of amides is 1. The van der Waals surface area contributed by atoms with Gasteiger partial charge in [0.05, 0.1) is 22.8 Å². The van der Waals surface area contributed by atoms with Crippen molar-refractivity contribution in [2.45, 2.75) is 25.3 Å². The molecule has 2 fully saturated rings. The van der Waals surface area contributed by atoms with E-state index in [1.807, 2.05) is 11.0 Å². The summed E-state index contributed by atoms with van der Waals surface area (Å²) in [6.07, 6.45) is 2.59. The molecule has 4 nitrogen and oxygen atoms in total. The largest absolute Gasteiger partial charge is 0.336 e. The number of carbonyl (C=O) groups excluding carboxylic acids is 1. The number of aromatic nitrogens is 1. The van der Waals surface area contributed by atoms with E-state index in [1.54, 1.807) is 23.5 Å². The van der Waals surface area contributed by atoms with E-state index in [4.69, 9.17) is 16.6 Å². The topological polar surface area (TPSA) is 36.4 Å². The maximum atomic E-state index is 12.7. The van der Waals surface area contributed by atoms with Gasteiger partial charge in [0.1, 0.15) is 5.01 Å². The summed E-state index contributed by atoms with van der Waals surface area (Å²) in [6.45, 7) is 4.08. The third-order valence-corrected chi connectivity index (χ3v) is 6.42. The van der Waals surface area contributed by atoms with Gasteiger partial charge in [-0.1, -0.05) is 27.5 Å². The number of thiazole rings is 1. The van der Waals surface area contributed by atoms with E-state index in [0.29, 0.717) is 10.6 Å². The predicted octanol–water partition coefficient (Wildman–Crippen LogP) is 4.39. The molecule has 0 N–H and O–H groups in total. The van der Waals surface area contributed by atoms with Crippen LogP contribution in [0.2, 0.25) is 5.02 Å². The molecule has 132 valence electrons. The zero-order chi connectivity index (χ0) is 17.4. The quantitative estimate of drug-likeness (QED) is 0.707. The van der Waals surface area contributed by atoms with Crippen LogP contribution in [-0.4, -0.2) is 46.9 Å². The molecule has 25 heavy (non-hydrogen) atoms. The second kappa shape index (κ2) is 7.35. The van der Waals surface area contributed by atoms with Gasteiger partial charge in [-0.3, -0.25) is 9.69 Å². The highest BCUT2D eigenvalue weighted by molar-refractivity contribution is 9.10. The molecule has 4 rings (SSSR count). The van der Waals surface area contributed by atoms with Gasteiger partial charge >= 0.3 is 0 Å². The summed E-state index contributed by atoms with van der Waals surface area (Å²) in [5.41, 5.74) is 1.84. The van der Waals surface area contributed by atoms with Crippen molar-refractivity contribution >= 4 is 44.8 Å². The van der Waals surface area contributed by atoms with E-state index in [-0.39, 0.29) is 5.91 Å². The Kier molecular flexibility index (Phi) is 5.13. The molecule has 1 saturated heterocycles. The van der Waals surface area contributed by atoms with E-state index >= 15 is 0 Å². The van der Waals surface area contributed by atoms with Crippen molar-refractivity contribution in [1.82, 2.24) is 14.8 Å². The lowest BCUT2D eigenvalue weighted by molar-refractivity contribution is 0.0628. The molecule has 2 aliphatic rings. The highest BCUT2D eigenvalue weighted by Crippen LogP contribution is 2.40. The molecule has 0 spiro atoms. The van der Waals surface area contributed by atoms with Crippen LogP contribution in [0.1, 0.15) is 39.8 Å². The monoisotopic (exact) mass is 439 g/mol. The van der Waals surface area contributed by atoms with E-state index in [9.17, 15) is 4.79 Å². The van der Waals surface area contributed by atoms with E-state index in [2.05, 4.69) is 26.2 Å². The second-order valence-corrected chi connectivity index (χ2v) is 8.90. The Balaban J connectivity index is 1.34. The van der Waals surface area contributed by atoms with Crippen LogP contribution in [0, 0.1) is 0 Å². The van der Waals surface area contributed by atoms with Gasteiger partial charge in [-0.05, 0) is 31.0 Å². The highest BCUT2D eigenvalue weighted by Gasteiger charge is 2.27. The van der Waals surface area contributed by atoms with Crippen molar-refractivity contribution in [3.63, 3.8) is 0 Å². The maximum absolute atomic E-state index is 12.7. The Hall–Kier alpha value is -0.950. The zero-order valence-electron chi connectivity index (χ0n) is 13.8. The van der Waals surface area contributed by atoms with Crippen LogP contribution < -0.4 is 0 Å². The van der Waals surface area contributed by atoms with Gasteiger partial charge < -0.3 is 4.90 Å². The fourth-order valence-corrected chi connectivity index (χ4v) is 4.57. The van der Waals surface area contributed by atoms with Gasteiger partial charge in [-0.15, -0.1) is 11.3 Å². The first-order valence-corrected chi connectivity index (χ1v) is 10.6. The van der Waals surface area contributed by atoms with Gasteiger partial charge in [0.15, 0.2) is 0 Å². The molecule has 7 heteroatoms. The number of nitrogens with zero attached hydrogens (tertiary/aromatic N) is 3. The number of hydrogen-bond donors (Lipinski definition) is 0. The van der Waals surface area contributed by atoms with Crippen molar-refractivity contribution < 1.29 is 4.79 Å². The van der Waals surface area contributed by atoms with E-state index in [0.717, 1.165) is 43.1 Å². The van der Waals surface area contributed by atoms with Crippen molar-refractivity contribution in [2.75, 3.05) is 26.2 Å². The van der Waals surface area contributed by atoms with Gasteiger partial charge in [0, 0.05) is 41.9 Å². The summed E-state index contributed by atoms with van der Waals surface area (Å²) in [4.78, 5) is 21.7. The Bertz CT molecular complexity index is 784. The van der Waals surface area contributed by atoms with Gasteiger partial charge in [0.2, 0.25) is 0 Å². The fourth-order valence-electron chi connectivity index (χ4n) is 3.10. The van der Waals surface area contributed by atoms with Crippen LogP contribution >= 0.6 is 38.9 Å². The van der Waals surface area contributed by atoms with E-state index in [1.165, 1.54) is 23.5 Å². The molecule has 1 aliphatic heterocycles. The smallest absolute Gasteiger partial charge is 0.255 e. The maximum Gasteiger partial charge on any atom is 0.255 e. The first-order valence-electron chi connectivity index (χ1n) is 8.51. The van der Waals surface area contributed by atoms with Crippen molar-refractivity contribution in [3.8, 4) is 0 Å². The summed E-state index contributed by atoms with van der Waals surface area (Å²) in [7, 11) is 0.